The van der Waals surface area contributed by atoms with Crippen LogP contribution in [0.15, 0.2) is 48.8 Å². The average Bonchev–Trinajstić information content (AvgIpc) is 3.13. The molecule has 140 valence electrons. The molecule has 3 heterocycles. The van der Waals surface area contributed by atoms with Crippen molar-refractivity contribution in [3.8, 4) is 0 Å². The molecule has 7 nitrogen and oxygen atoms in total. The SMILES string of the molecule is OC1(c2cccnc2)CCN(Cc2nnnn2Cc2ccc(F)cc2)CC1. The number of piperidine rings is 1. The molecular formula is C19H21FN6O. The van der Waals surface area contributed by atoms with Gasteiger partial charge in [0.25, 0.3) is 0 Å². The number of halogens is 1. The van der Waals surface area contributed by atoms with Gasteiger partial charge in [0, 0.05) is 31.0 Å². The Balaban J connectivity index is 1.39. The lowest BCUT2D eigenvalue weighted by atomic mass is 9.85. The monoisotopic (exact) mass is 368 g/mol. The molecule has 1 aromatic carbocycles. The van der Waals surface area contributed by atoms with E-state index in [-0.39, 0.29) is 5.82 Å². The molecule has 1 aliphatic heterocycles. The van der Waals surface area contributed by atoms with Crippen molar-refractivity contribution >= 4 is 0 Å². The number of likely N-dealkylation sites (tertiary alicyclic amines) is 1. The number of benzene rings is 1. The van der Waals surface area contributed by atoms with E-state index in [4.69, 9.17) is 0 Å². The highest BCUT2D eigenvalue weighted by molar-refractivity contribution is 5.19. The summed E-state index contributed by atoms with van der Waals surface area (Å²) < 4.78 is 14.8. The summed E-state index contributed by atoms with van der Waals surface area (Å²) >= 11 is 0. The number of tetrazole rings is 1. The Hall–Kier alpha value is -2.71. The van der Waals surface area contributed by atoms with Crippen molar-refractivity contribution in [2.45, 2.75) is 31.5 Å². The summed E-state index contributed by atoms with van der Waals surface area (Å²) in [6.07, 6.45) is 4.72. The maximum absolute atomic E-state index is 13.1. The molecule has 4 rings (SSSR count). The lowest BCUT2D eigenvalue weighted by molar-refractivity contribution is -0.0287. The van der Waals surface area contributed by atoms with E-state index < -0.39 is 5.60 Å². The Labute approximate surface area is 156 Å². The lowest BCUT2D eigenvalue weighted by Crippen LogP contribution is -2.42. The van der Waals surface area contributed by atoms with Crippen LogP contribution in [-0.2, 0) is 18.7 Å². The Morgan fingerprint density at radius 3 is 2.56 bits per heavy atom. The number of hydrogen-bond donors (Lipinski definition) is 1. The van der Waals surface area contributed by atoms with E-state index in [2.05, 4.69) is 25.4 Å². The Morgan fingerprint density at radius 1 is 1.07 bits per heavy atom. The molecule has 0 radical (unpaired) electrons. The van der Waals surface area contributed by atoms with Gasteiger partial charge in [0.1, 0.15) is 5.82 Å². The standard InChI is InChI=1S/C19H21FN6O/c20-17-5-3-15(4-6-17)13-26-18(22-23-24-26)14-25-10-7-19(27,8-11-25)16-2-1-9-21-12-16/h1-6,9,12,27H,7-8,10-11,13-14H2. The first-order valence-electron chi connectivity index (χ1n) is 8.97. The molecule has 0 spiro atoms. The normalized spacial score (nSPS) is 17.1. The first kappa shape index (κ1) is 17.7. The fourth-order valence-electron chi connectivity index (χ4n) is 3.43. The van der Waals surface area contributed by atoms with Gasteiger partial charge in [0.2, 0.25) is 0 Å². The van der Waals surface area contributed by atoms with Gasteiger partial charge in [-0.05, 0) is 47.0 Å². The molecule has 1 N–H and O–H groups in total. The van der Waals surface area contributed by atoms with Crippen molar-refractivity contribution in [2.75, 3.05) is 13.1 Å². The molecule has 2 aromatic heterocycles. The second-order valence-electron chi connectivity index (χ2n) is 6.93. The highest BCUT2D eigenvalue weighted by Gasteiger charge is 2.34. The molecule has 1 fully saturated rings. The van der Waals surface area contributed by atoms with Gasteiger partial charge in [0.15, 0.2) is 5.82 Å². The van der Waals surface area contributed by atoms with Crippen LogP contribution in [0.5, 0.6) is 0 Å². The van der Waals surface area contributed by atoms with Crippen LogP contribution in [0.25, 0.3) is 0 Å². The minimum atomic E-state index is -0.829. The average molecular weight is 368 g/mol. The summed E-state index contributed by atoms with van der Waals surface area (Å²) in [5.41, 5.74) is 0.977. The number of nitrogens with zero attached hydrogens (tertiary/aromatic N) is 6. The number of aromatic nitrogens is 5. The molecule has 0 unspecified atom stereocenters. The van der Waals surface area contributed by atoms with E-state index in [1.165, 1.54) is 12.1 Å². The second-order valence-corrected chi connectivity index (χ2v) is 6.93. The first-order valence-corrected chi connectivity index (χ1v) is 8.97. The van der Waals surface area contributed by atoms with Crippen molar-refractivity contribution in [3.05, 3.63) is 71.6 Å². The summed E-state index contributed by atoms with van der Waals surface area (Å²) in [5, 5.41) is 22.9. The van der Waals surface area contributed by atoms with Crippen molar-refractivity contribution < 1.29 is 9.50 Å². The van der Waals surface area contributed by atoms with Crippen molar-refractivity contribution in [1.82, 2.24) is 30.1 Å². The highest BCUT2D eigenvalue weighted by atomic mass is 19.1. The number of rotatable bonds is 5. The maximum atomic E-state index is 13.1. The summed E-state index contributed by atoms with van der Waals surface area (Å²) in [7, 11) is 0. The van der Waals surface area contributed by atoms with Crippen LogP contribution in [0.4, 0.5) is 4.39 Å². The van der Waals surface area contributed by atoms with Crippen molar-refractivity contribution in [3.63, 3.8) is 0 Å². The second kappa shape index (κ2) is 7.50. The van der Waals surface area contributed by atoms with Gasteiger partial charge in [-0.25, -0.2) is 9.07 Å². The summed E-state index contributed by atoms with van der Waals surface area (Å²) in [6, 6.07) is 10.1. The molecule has 0 bridgehead atoms. The van der Waals surface area contributed by atoms with Gasteiger partial charge < -0.3 is 5.11 Å². The number of pyridine rings is 1. The van der Waals surface area contributed by atoms with E-state index in [0.717, 1.165) is 30.0 Å². The van der Waals surface area contributed by atoms with Crippen LogP contribution in [-0.4, -0.2) is 48.3 Å². The van der Waals surface area contributed by atoms with Gasteiger partial charge in [-0.3, -0.25) is 9.88 Å². The predicted octanol–water partition coefficient (Wildman–Crippen LogP) is 1.74. The quantitative estimate of drug-likeness (QED) is 0.739. The van der Waals surface area contributed by atoms with Crippen LogP contribution in [0, 0.1) is 5.82 Å². The number of aliphatic hydroxyl groups is 1. The fraction of sp³-hybridized carbons (Fsp3) is 0.368. The molecular weight excluding hydrogens is 347 g/mol. The molecule has 27 heavy (non-hydrogen) atoms. The van der Waals surface area contributed by atoms with Crippen molar-refractivity contribution in [2.24, 2.45) is 0 Å². The zero-order valence-corrected chi connectivity index (χ0v) is 14.9. The molecule has 0 atom stereocenters. The van der Waals surface area contributed by atoms with E-state index in [9.17, 15) is 9.50 Å². The van der Waals surface area contributed by atoms with Crippen LogP contribution >= 0.6 is 0 Å². The highest BCUT2D eigenvalue weighted by Crippen LogP contribution is 2.32. The van der Waals surface area contributed by atoms with Crippen LogP contribution in [0.1, 0.15) is 29.8 Å². The molecule has 0 saturated carbocycles. The van der Waals surface area contributed by atoms with E-state index in [1.807, 2.05) is 12.1 Å². The molecule has 0 aliphatic carbocycles. The summed E-state index contributed by atoms with van der Waals surface area (Å²) in [5.74, 6) is 0.497. The minimum absolute atomic E-state index is 0.259. The third-order valence-corrected chi connectivity index (χ3v) is 5.10. The van der Waals surface area contributed by atoms with Gasteiger partial charge in [-0.1, -0.05) is 18.2 Å². The van der Waals surface area contributed by atoms with Gasteiger partial charge >= 0.3 is 0 Å². The number of hydrogen-bond acceptors (Lipinski definition) is 6. The topological polar surface area (TPSA) is 80.0 Å². The van der Waals surface area contributed by atoms with Gasteiger partial charge in [0.05, 0.1) is 18.7 Å². The maximum Gasteiger partial charge on any atom is 0.165 e. The zero-order valence-electron chi connectivity index (χ0n) is 14.9. The van der Waals surface area contributed by atoms with Gasteiger partial charge in [-0.15, -0.1) is 5.10 Å². The first-order chi connectivity index (χ1) is 13.1. The molecule has 1 saturated heterocycles. The molecule has 0 amide bonds. The summed E-state index contributed by atoms with van der Waals surface area (Å²) in [6.45, 7) is 2.59. The Morgan fingerprint density at radius 2 is 1.85 bits per heavy atom. The smallest absolute Gasteiger partial charge is 0.165 e. The van der Waals surface area contributed by atoms with Crippen molar-refractivity contribution in [1.29, 1.82) is 0 Å². The Bertz CT molecular complexity index is 875. The van der Waals surface area contributed by atoms with Gasteiger partial charge in [-0.2, -0.15) is 0 Å². The summed E-state index contributed by atoms with van der Waals surface area (Å²) in [4.78, 5) is 6.35. The molecule has 8 heteroatoms. The third-order valence-electron chi connectivity index (χ3n) is 5.10. The minimum Gasteiger partial charge on any atom is -0.385 e. The third kappa shape index (κ3) is 4.01. The zero-order chi connectivity index (χ0) is 18.7. The fourth-order valence-corrected chi connectivity index (χ4v) is 3.43. The predicted molar refractivity (Wildman–Crippen MR) is 96.0 cm³/mol. The Kier molecular flexibility index (Phi) is 4.91. The van der Waals surface area contributed by atoms with E-state index in [1.54, 1.807) is 29.2 Å². The van der Waals surface area contributed by atoms with E-state index in [0.29, 0.717) is 25.9 Å². The van der Waals surface area contributed by atoms with E-state index >= 15 is 0 Å². The van der Waals surface area contributed by atoms with Crippen LogP contribution in [0.3, 0.4) is 0 Å². The lowest BCUT2D eigenvalue weighted by Gasteiger charge is -2.38. The van der Waals surface area contributed by atoms with Crippen LogP contribution in [0.2, 0.25) is 0 Å². The van der Waals surface area contributed by atoms with Crippen LogP contribution < -0.4 is 0 Å². The molecule has 1 aliphatic rings. The molecule has 3 aromatic rings. The largest absolute Gasteiger partial charge is 0.385 e.